The van der Waals surface area contributed by atoms with Gasteiger partial charge in [0, 0.05) is 44.7 Å². The van der Waals surface area contributed by atoms with E-state index < -0.39 is 5.60 Å². The van der Waals surface area contributed by atoms with E-state index >= 15 is 0 Å². The molecule has 1 aromatic heterocycles. The number of benzene rings is 1. The lowest BCUT2D eigenvalue weighted by Gasteiger charge is -2.42. The topological polar surface area (TPSA) is 67.6 Å². The summed E-state index contributed by atoms with van der Waals surface area (Å²) in [5.74, 6) is 1.78. The molecule has 0 spiro atoms. The average Bonchev–Trinajstić information content (AvgIpc) is 3.09. The number of hydrogen-bond donors (Lipinski definition) is 1. The normalized spacial score (nSPS) is 23.0. The van der Waals surface area contributed by atoms with Crippen LogP contribution in [0.1, 0.15) is 32.5 Å². The van der Waals surface area contributed by atoms with Crippen LogP contribution in [0.4, 0.5) is 0 Å². The second-order valence-electron chi connectivity index (χ2n) is 7.02. The number of hydrogen-bond acceptors (Lipinski definition) is 4. The van der Waals surface area contributed by atoms with Crippen LogP contribution in [0.3, 0.4) is 0 Å². The van der Waals surface area contributed by atoms with Crippen molar-refractivity contribution in [2.24, 2.45) is 0 Å². The van der Waals surface area contributed by atoms with Gasteiger partial charge in [-0.2, -0.15) is 0 Å². The van der Waals surface area contributed by atoms with E-state index in [1.165, 1.54) is 0 Å². The molecule has 2 aromatic rings. The van der Waals surface area contributed by atoms with Gasteiger partial charge in [0.15, 0.2) is 0 Å². The van der Waals surface area contributed by atoms with Gasteiger partial charge in [0.1, 0.15) is 23.3 Å². The quantitative estimate of drug-likeness (QED) is 0.861. The van der Waals surface area contributed by atoms with Crippen molar-refractivity contribution < 1.29 is 14.6 Å². The molecule has 1 aliphatic heterocycles. The highest BCUT2D eigenvalue weighted by molar-refractivity contribution is 5.76. The highest BCUT2D eigenvalue weighted by Gasteiger charge is 2.41. The predicted octanol–water partition coefficient (Wildman–Crippen LogP) is 2.27. The fraction of sp³-hybridized carbons (Fsp3) is 0.500. The van der Waals surface area contributed by atoms with Gasteiger partial charge in [-0.25, -0.2) is 4.98 Å². The van der Waals surface area contributed by atoms with E-state index in [9.17, 15) is 9.90 Å². The number of aromatic nitrogens is 2. The van der Waals surface area contributed by atoms with Gasteiger partial charge in [-0.1, -0.05) is 25.1 Å². The summed E-state index contributed by atoms with van der Waals surface area (Å²) in [7, 11) is 0. The summed E-state index contributed by atoms with van der Waals surface area (Å²) in [6, 6.07) is 9.50. The first-order chi connectivity index (χ1) is 12.5. The van der Waals surface area contributed by atoms with E-state index in [4.69, 9.17) is 4.74 Å². The average molecular weight is 357 g/mol. The minimum atomic E-state index is -1.08. The molecule has 1 aliphatic rings. The van der Waals surface area contributed by atoms with Gasteiger partial charge in [0.2, 0.25) is 5.91 Å². The molecule has 0 bridgehead atoms. The Morgan fingerprint density at radius 2 is 2.15 bits per heavy atom. The van der Waals surface area contributed by atoms with Crippen LogP contribution in [-0.2, 0) is 17.8 Å². The fourth-order valence-electron chi connectivity index (χ4n) is 3.45. The van der Waals surface area contributed by atoms with Crippen LogP contribution in [-0.4, -0.2) is 50.3 Å². The Labute approximate surface area is 154 Å². The lowest BCUT2D eigenvalue weighted by Crippen LogP contribution is -2.58. The van der Waals surface area contributed by atoms with Crippen molar-refractivity contribution in [2.75, 3.05) is 13.1 Å². The molecule has 6 nitrogen and oxygen atoms in total. The minimum Gasteiger partial charge on any atom is -0.487 e. The summed E-state index contributed by atoms with van der Waals surface area (Å²) in [5, 5.41) is 10.8. The maximum atomic E-state index is 12.6. The van der Waals surface area contributed by atoms with E-state index in [0.29, 0.717) is 25.9 Å². The summed E-state index contributed by atoms with van der Waals surface area (Å²) in [6.07, 6.45) is 5.21. The molecular weight excluding hydrogens is 330 g/mol. The Hall–Kier alpha value is -2.34. The van der Waals surface area contributed by atoms with Gasteiger partial charge in [0.25, 0.3) is 0 Å². The Bertz CT molecular complexity index is 727. The standard InChI is InChI=1S/C20H27N3O3/c1-3-18-21-11-14-22(18)13-10-19(24)23-12-9-17(20(2,25)15-23)26-16-7-5-4-6-8-16/h4-8,11,14,17,25H,3,9-10,12-13,15H2,1-2H3/t17-,20-/m0/s1. The number of nitrogens with zero attached hydrogens (tertiary/aromatic N) is 3. The highest BCUT2D eigenvalue weighted by atomic mass is 16.5. The Kier molecular flexibility index (Phi) is 5.61. The van der Waals surface area contributed by atoms with Gasteiger partial charge in [0.05, 0.1) is 6.54 Å². The van der Waals surface area contributed by atoms with E-state index in [1.54, 1.807) is 18.0 Å². The number of ether oxygens (including phenoxy) is 1. The number of aryl methyl sites for hydroxylation is 2. The van der Waals surface area contributed by atoms with E-state index in [1.807, 2.05) is 41.1 Å². The van der Waals surface area contributed by atoms with Crippen molar-refractivity contribution in [1.82, 2.24) is 14.5 Å². The highest BCUT2D eigenvalue weighted by Crippen LogP contribution is 2.26. The van der Waals surface area contributed by atoms with Crippen molar-refractivity contribution in [3.8, 4) is 5.75 Å². The number of piperidine rings is 1. The Morgan fingerprint density at radius 1 is 1.38 bits per heavy atom. The molecule has 1 aromatic carbocycles. The number of rotatable bonds is 6. The molecule has 1 amide bonds. The molecule has 0 unspecified atom stereocenters. The lowest BCUT2D eigenvalue weighted by atomic mass is 9.91. The molecule has 0 saturated carbocycles. The van der Waals surface area contributed by atoms with Crippen LogP contribution < -0.4 is 4.74 Å². The van der Waals surface area contributed by atoms with Crippen LogP contribution in [0.15, 0.2) is 42.7 Å². The number of para-hydroxylation sites is 1. The zero-order valence-electron chi connectivity index (χ0n) is 15.5. The molecule has 26 heavy (non-hydrogen) atoms. The number of β-amino-alcohol motifs (C(OH)–C–C–N with tert-alkyl or cyclic N) is 1. The van der Waals surface area contributed by atoms with Gasteiger partial charge in [-0.05, 0) is 19.1 Å². The van der Waals surface area contributed by atoms with Gasteiger partial charge < -0.3 is 19.3 Å². The molecule has 6 heteroatoms. The molecule has 140 valence electrons. The van der Waals surface area contributed by atoms with Crippen LogP contribution in [0, 0.1) is 0 Å². The predicted molar refractivity (Wildman–Crippen MR) is 98.9 cm³/mol. The van der Waals surface area contributed by atoms with Gasteiger partial charge in [-0.3, -0.25) is 4.79 Å². The third-order valence-electron chi connectivity index (χ3n) is 4.92. The number of amides is 1. The van der Waals surface area contributed by atoms with Crippen molar-refractivity contribution in [2.45, 2.75) is 51.4 Å². The Morgan fingerprint density at radius 3 is 2.85 bits per heavy atom. The van der Waals surface area contributed by atoms with Crippen molar-refractivity contribution in [1.29, 1.82) is 0 Å². The van der Waals surface area contributed by atoms with Gasteiger partial charge in [-0.15, -0.1) is 0 Å². The lowest BCUT2D eigenvalue weighted by molar-refractivity contribution is -0.146. The van der Waals surface area contributed by atoms with Crippen molar-refractivity contribution >= 4 is 5.91 Å². The second-order valence-corrected chi connectivity index (χ2v) is 7.02. The molecule has 0 radical (unpaired) electrons. The smallest absolute Gasteiger partial charge is 0.224 e. The molecule has 3 rings (SSSR count). The van der Waals surface area contributed by atoms with Gasteiger partial charge >= 0.3 is 0 Å². The maximum Gasteiger partial charge on any atom is 0.224 e. The summed E-state index contributed by atoms with van der Waals surface area (Å²) in [5.41, 5.74) is -1.08. The van der Waals surface area contributed by atoms with E-state index in [0.717, 1.165) is 18.0 Å². The number of carbonyl (C=O) groups excluding carboxylic acids is 1. The summed E-state index contributed by atoms with van der Waals surface area (Å²) in [4.78, 5) is 18.6. The fourth-order valence-corrected chi connectivity index (χ4v) is 3.45. The zero-order chi connectivity index (χ0) is 18.6. The summed E-state index contributed by atoms with van der Waals surface area (Å²) < 4.78 is 7.96. The number of aliphatic hydroxyl groups is 1. The molecular formula is C20H27N3O3. The third-order valence-corrected chi connectivity index (χ3v) is 4.92. The number of carbonyl (C=O) groups is 1. The van der Waals surface area contributed by atoms with Crippen molar-refractivity contribution in [3.63, 3.8) is 0 Å². The molecule has 2 atom stereocenters. The third kappa shape index (κ3) is 4.25. The first-order valence-electron chi connectivity index (χ1n) is 9.21. The summed E-state index contributed by atoms with van der Waals surface area (Å²) in [6.45, 7) is 5.29. The Balaban J connectivity index is 1.55. The molecule has 0 aliphatic carbocycles. The first kappa shape index (κ1) is 18.5. The molecule has 1 saturated heterocycles. The minimum absolute atomic E-state index is 0.0548. The van der Waals surface area contributed by atoms with Crippen LogP contribution in [0.2, 0.25) is 0 Å². The molecule has 2 heterocycles. The summed E-state index contributed by atoms with van der Waals surface area (Å²) >= 11 is 0. The van der Waals surface area contributed by atoms with E-state index in [-0.39, 0.29) is 18.6 Å². The second kappa shape index (κ2) is 7.91. The first-order valence-corrected chi connectivity index (χ1v) is 9.21. The number of likely N-dealkylation sites (tertiary alicyclic amines) is 1. The molecule has 1 N–H and O–H groups in total. The monoisotopic (exact) mass is 357 g/mol. The number of imidazole rings is 1. The van der Waals surface area contributed by atoms with Crippen LogP contribution >= 0.6 is 0 Å². The van der Waals surface area contributed by atoms with E-state index in [2.05, 4.69) is 11.9 Å². The maximum absolute atomic E-state index is 12.6. The van der Waals surface area contributed by atoms with Crippen molar-refractivity contribution in [3.05, 3.63) is 48.5 Å². The van der Waals surface area contributed by atoms with Crippen LogP contribution in [0.25, 0.3) is 0 Å². The van der Waals surface area contributed by atoms with Crippen LogP contribution in [0.5, 0.6) is 5.75 Å². The largest absolute Gasteiger partial charge is 0.487 e. The SMILES string of the molecule is CCc1nccn1CCC(=O)N1CC[C@H](Oc2ccccc2)[C@@](C)(O)C1. The zero-order valence-corrected chi connectivity index (χ0v) is 15.5. The molecule has 1 fully saturated rings.